The van der Waals surface area contributed by atoms with Crippen molar-refractivity contribution < 1.29 is 0 Å². The lowest BCUT2D eigenvalue weighted by atomic mass is 9.65. The second-order valence-corrected chi connectivity index (χ2v) is 7.45. The molecule has 1 aliphatic rings. The first-order valence-electron chi connectivity index (χ1n) is 8.26. The molecule has 124 valence electrons. The number of guanidine groups is 1. The highest BCUT2D eigenvalue weighted by Gasteiger charge is 2.53. The molecule has 0 amide bonds. The van der Waals surface area contributed by atoms with Crippen molar-refractivity contribution in [3.8, 4) is 0 Å². The van der Waals surface area contributed by atoms with Gasteiger partial charge in [-0.15, -0.1) is 0 Å². The van der Waals surface area contributed by atoms with Crippen LogP contribution in [0.25, 0.3) is 5.65 Å². The zero-order chi connectivity index (χ0) is 16.7. The summed E-state index contributed by atoms with van der Waals surface area (Å²) >= 11 is 0. The van der Waals surface area contributed by atoms with Crippen LogP contribution in [0, 0.1) is 5.41 Å². The fourth-order valence-electron chi connectivity index (χ4n) is 3.11. The summed E-state index contributed by atoms with van der Waals surface area (Å²) in [5, 5.41) is 3.48. The Hall–Kier alpha value is -2.04. The average Bonchev–Trinajstić information content (AvgIpc) is 2.92. The molecule has 3 heterocycles. The molecule has 0 aromatic carbocycles. The van der Waals surface area contributed by atoms with Gasteiger partial charge in [0.25, 0.3) is 0 Å². The zero-order valence-corrected chi connectivity index (χ0v) is 14.8. The number of aromatic nitrogens is 2. The van der Waals surface area contributed by atoms with Gasteiger partial charge in [-0.2, -0.15) is 0 Å². The summed E-state index contributed by atoms with van der Waals surface area (Å²) in [6.07, 6.45) is 5.01. The summed E-state index contributed by atoms with van der Waals surface area (Å²) in [5.74, 6) is 0.984. The summed E-state index contributed by atoms with van der Waals surface area (Å²) in [6.45, 7) is 11.1. The van der Waals surface area contributed by atoms with E-state index in [0.717, 1.165) is 36.8 Å². The van der Waals surface area contributed by atoms with E-state index in [1.807, 2.05) is 31.4 Å². The summed E-state index contributed by atoms with van der Waals surface area (Å²) in [4.78, 5) is 11.4. The number of rotatable bonds is 3. The molecule has 0 spiro atoms. The van der Waals surface area contributed by atoms with Crippen molar-refractivity contribution in [3.63, 3.8) is 0 Å². The molecule has 3 rings (SSSR count). The van der Waals surface area contributed by atoms with E-state index in [4.69, 9.17) is 0 Å². The Bertz CT molecular complexity index is 693. The fourth-order valence-corrected chi connectivity index (χ4v) is 3.11. The molecule has 0 unspecified atom stereocenters. The van der Waals surface area contributed by atoms with E-state index in [2.05, 4.69) is 58.5 Å². The Morgan fingerprint density at radius 3 is 2.70 bits per heavy atom. The summed E-state index contributed by atoms with van der Waals surface area (Å²) in [6, 6.07) is 6.06. The number of nitrogens with one attached hydrogen (secondary N) is 1. The van der Waals surface area contributed by atoms with Crippen molar-refractivity contribution in [1.29, 1.82) is 0 Å². The van der Waals surface area contributed by atoms with Gasteiger partial charge in [-0.25, -0.2) is 4.98 Å². The average molecular weight is 313 g/mol. The number of hydrogen-bond donors (Lipinski definition) is 1. The predicted molar refractivity (Wildman–Crippen MR) is 94.8 cm³/mol. The predicted octanol–water partition coefficient (Wildman–Crippen LogP) is 2.57. The monoisotopic (exact) mass is 313 g/mol. The standard InChI is InChI=1S/C18H27N5/c1-17(2)13-23(18(17,3)4)16(19-5)20-10-9-14-12-22-11-7-6-8-15(22)21-14/h6-8,11-12H,9-10,13H2,1-5H3,(H,19,20). The molecule has 2 aromatic rings. The van der Waals surface area contributed by atoms with E-state index in [9.17, 15) is 0 Å². The van der Waals surface area contributed by atoms with Gasteiger partial charge in [0.2, 0.25) is 0 Å². The smallest absolute Gasteiger partial charge is 0.194 e. The SMILES string of the molecule is CN=C(NCCc1cn2ccccc2n1)N1CC(C)(C)C1(C)C. The normalized spacial score (nSPS) is 19.7. The third-order valence-electron chi connectivity index (χ3n) is 5.43. The van der Waals surface area contributed by atoms with Crippen LogP contribution in [0.3, 0.4) is 0 Å². The van der Waals surface area contributed by atoms with Crippen LogP contribution in [-0.4, -0.2) is 45.9 Å². The van der Waals surface area contributed by atoms with Crippen LogP contribution in [0.15, 0.2) is 35.6 Å². The van der Waals surface area contributed by atoms with Crippen molar-refractivity contribution >= 4 is 11.6 Å². The van der Waals surface area contributed by atoms with E-state index in [0.29, 0.717) is 5.41 Å². The van der Waals surface area contributed by atoms with Crippen LogP contribution in [0.4, 0.5) is 0 Å². The number of pyridine rings is 1. The largest absolute Gasteiger partial charge is 0.356 e. The Morgan fingerprint density at radius 1 is 1.30 bits per heavy atom. The topological polar surface area (TPSA) is 44.9 Å². The molecular formula is C18H27N5. The van der Waals surface area contributed by atoms with E-state index in [1.54, 1.807) is 0 Å². The van der Waals surface area contributed by atoms with Gasteiger partial charge in [-0.3, -0.25) is 4.99 Å². The minimum absolute atomic E-state index is 0.123. The summed E-state index contributed by atoms with van der Waals surface area (Å²) < 4.78 is 2.06. The molecule has 0 saturated carbocycles. The maximum absolute atomic E-state index is 4.64. The van der Waals surface area contributed by atoms with Crippen LogP contribution in [0.2, 0.25) is 0 Å². The highest BCUT2D eigenvalue weighted by molar-refractivity contribution is 5.82. The number of imidazole rings is 1. The molecular weight excluding hydrogens is 286 g/mol. The molecule has 1 aliphatic heterocycles. The minimum atomic E-state index is 0.123. The van der Waals surface area contributed by atoms with E-state index in [-0.39, 0.29) is 5.54 Å². The van der Waals surface area contributed by atoms with Crippen LogP contribution in [0.5, 0.6) is 0 Å². The Morgan fingerprint density at radius 2 is 2.09 bits per heavy atom. The van der Waals surface area contributed by atoms with E-state index in [1.165, 1.54) is 0 Å². The summed E-state index contributed by atoms with van der Waals surface area (Å²) in [7, 11) is 1.86. The minimum Gasteiger partial charge on any atom is -0.356 e. The number of aliphatic imine (C=N–C) groups is 1. The highest BCUT2D eigenvalue weighted by Crippen LogP contribution is 2.46. The number of hydrogen-bond acceptors (Lipinski definition) is 2. The second-order valence-electron chi connectivity index (χ2n) is 7.45. The second kappa shape index (κ2) is 5.55. The lowest BCUT2D eigenvalue weighted by Gasteiger charge is -2.62. The van der Waals surface area contributed by atoms with Crippen LogP contribution in [-0.2, 0) is 6.42 Å². The number of likely N-dealkylation sites (tertiary alicyclic amines) is 1. The van der Waals surface area contributed by atoms with Gasteiger partial charge in [-0.1, -0.05) is 19.9 Å². The van der Waals surface area contributed by atoms with Gasteiger partial charge < -0.3 is 14.6 Å². The molecule has 1 fully saturated rings. The van der Waals surface area contributed by atoms with Gasteiger partial charge in [0.05, 0.1) is 5.69 Å². The van der Waals surface area contributed by atoms with Gasteiger partial charge in [-0.05, 0) is 26.0 Å². The first-order valence-corrected chi connectivity index (χ1v) is 8.26. The maximum atomic E-state index is 4.64. The van der Waals surface area contributed by atoms with Gasteiger partial charge in [0, 0.05) is 49.9 Å². The molecule has 5 heteroatoms. The van der Waals surface area contributed by atoms with Crippen molar-refractivity contribution in [2.45, 2.75) is 39.7 Å². The Labute approximate surface area is 138 Å². The molecule has 1 saturated heterocycles. The Kier molecular flexibility index (Phi) is 3.82. The van der Waals surface area contributed by atoms with Crippen LogP contribution < -0.4 is 5.32 Å². The number of fused-ring (bicyclic) bond motifs is 1. The van der Waals surface area contributed by atoms with Crippen molar-refractivity contribution in [2.24, 2.45) is 10.4 Å². The van der Waals surface area contributed by atoms with E-state index < -0.39 is 0 Å². The maximum Gasteiger partial charge on any atom is 0.194 e. The molecule has 0 radical (unpaired) electrons. The van der Waals surface area contributed by atoms with Crippen LogP contribution >= 0.6 is 0 Å². The molecule has 0 atom stereocenters. The van der Waals surface area contributed by atoms with Crippen molar-refractivity contribution in [1.82, 2.24) is 19.6 Å². The lowest BCUT2D eigenvalue weighted by molar-refractivity contribution is -0.0666. The van der Waals surface area contributed by atoms with Crippen molar-refractivity contribution in [3.05, 3.63) is 36.3 Å². The first-order chi connectivity index (χ1) is 10.8. The lowest BCUT2D eigenvalue weighted by Crippen LogP contribution is -2.72. The molecule has 2 aromatic heterocycles. The van der Waals surface area contributed by atoms with Crippen molar-refractivity contribution in [2.75, 3.05) is 20.1 Å². The highest BCUT2D eigenvalue weighted by atomic mass is 15.4. The zero-order valence-electron chi connectivity index (χ0n) is 14.8. The van der Waals surface area contributed by atoms with Gasteiger partial charge in [0.1, 0.15) is 5.65 Å². The molecule has 0 aliphatic carbocycles. The fraction of sp³-hybridized carbons (Fsp3) is 0.556. The molecule has 23 heavy (non-hydrogen) atoms. The molecule has 0 bridgehead atoms. The van der Waals surface area contributed by atoms with E-state index >= 15 is 0 Å². The third-order valence-corrected chi connectivity index (χ3v) is 5.43. The first kappa shape index (κ1) is 15.8. The summed E-state index contributed by atoms with van der Waals surface area (Å²) in [5.41, 5.74) is 2.53. The quantitative estimate of drug-likeness (QED) is 0.700. The molecule has 5 nitrogen and oxygen atoms in total. The Balaban J connectivity index is 1.59. The molecule has 1 N–H and O–H groups in total. The number of nitrogens with zero attached hydrogens (tertiary/aromatic N) is 4. The van der Waals surface area contributed by atoms with Gasteiger partial charge in [0.15, 0.2) is 5.96 Å². The van der Waals surface area contributed by atoms with Crippen LogP contribution in [0.1, 0.15) is 33.4 Å². The van der Waals surface area contributed by atoms with Gasteiger partial charge >= 0.3 is 0 Å². The third kappa shape index (κ3) is 2.69.